The van der Waals surface area contributed by atoms with E-state index in [-0.39, 0.29) is 0 Å². The van der Waals surface area contributed by atoms with Crippen LogP contribution in [-0.4, -0.2) is 12.7 Å². The van der Waals surface area contributed by atoms with Gasteiger partial charge < -0.3 is 0 Å². The first-order valence-corrected chi connectivity index (χ1v) is 3.77. The quantitative estimate of drug-likeness (QED) is 0.558. The van der Waals surface area contributed by atoms with Crippen molar-refractivity contribution < 1.29 is 1.37 Å². The number of hydrogen-bond acceptors (Lipinski definition) is 2. The van der Waals surface area contributed by atoms with Crippen LogP contribution in [0.15, 0.2) is 22.5 Å². The first-order chi connectivity index (χ1) is 4.84. The van der Waals surface area contributed by atoms with Gasteiger partial charge in [0.15, 0.2) is 0 Å². The fourth-order valence-electron chi connectivity index (χ4n) is 0.499. The van der Waals surface area contributed by atoms with Gasteiger partial charge in [0.05, 0.1) is 1.37 Å². The molecule has 0 aliphatic carbocycles. The van der Waals surface area contributed by atoms with Gasteiger partial charge in [-0.2, -0.15) is 0 Å². The highest BCUT2D eigenvalue weighted by Gasteiger charge is 1.82. The maximum absolute atomic E-state index is 7.39. The molecule has 0 aromatic carbocycles. The van der Waals surface area contributed by atoms with Crippen LogP contribution in [0, 0.1) is 0 Å². The van der Waals surface area contributed by atoms with E-state index in [2.05, 4.69) is 4.99 Å². The molecule has 0 unspecified atom stereocenters. The summed E-state index contributed by atoms with van der Waals surface area (Å²) in [5.41, 5.74) is 0. The van der Waals surface area contributed by atoms with Gasteiger partial charge in [0.1, 0.15) is 0 Å². The Bertz CT molecular complexity index is 216. The molecule has 0 aliphatic rings. The zero-order valence-corrected chi connectivity index (χ0v) is 6.11. The van der Waals surface area contributed by atoms with Crippen molar-refractivity contribution >= 4 is 17.5 Å². The van der Waals surface area contributed by atoms with Crippen molar-refractivity contribution in [2.75, 3.05) is 6.54 Å². The van der Waals surface area contributed by atoms with Crippen LogP contribution in [0.2, 0.25) is 0 Å². The first kappa shape index (κ1) is 5.18. The molecule has 0 fully saturated rings. The van der Waals surface area contributed by atoms with Gasteiger partial charge in [-0.1, -0.05) is 6.07 Å². The summed E-state index contributed by atoms with van der Waals surface area (Å²) in [6.45, 7) is 2.62. The summed E-state index contributed by atoms with van der Waals surface area (Å²) in [7, 11) is 0. The zero-order chi connectivity index (χ0) is 7.40. The van der Waals surface area contributed by atoms with E-state index in [1.54, 1.807) is 11.3 Å². The Morgan fingerprint density at radius 3 is 3.44 bits per heavy atom. The van der Waals surface area contributed by atoms with E-state index in [1.165, 1.54) is 0 Å². The van der Waals surface area contributed by atoms with Crippen LogP contribution in [-0.2, 0) is 0 Å². The van der Waals surface area contributed by atoms with E-state index < -0.39 is 0 Å². The van der Waals surface area contributed by atoms with Gasteiger partial charge >= 0.3 is 0 Å². The minimum absolute atomic E-state index is 0.400. The topological polar surface area (TPSA) is 12.4 Å². The lowest BCUT2D eigenvalue weighted by Gasteiger charge is -1.79. The fraction of sp³-hybridized carbons (Fsp3) is 0.286. The second-order valence-electron chi connectivity index (χ2n) is 1.56. The molecule has 0 bridgehead atoms. The minimum Gasteiger partial charge on any atom is -0.292 e. The number of rotatable bonds is 2. The maximum atomic E-state index is 7.39. The van der Waals surface area contributed by atoms with Crippen LogP contribution in [0.1, 0.15) is 13.2 Å². The predicted molar refractivity (Wildman–Crippen MR) is 42.5 cm³/mol. The third-order valence-electron chi connectivity index (χ3n) is 0.869. The molecule has 0 spiro atoms. The second-order valence-corrected chi connectivity index (χ2v) is 2.51. The molecule has 1 aromatic heterocycles. The molecular formula is C7H9NS. The Labute approximate surface area is 60.5 Å². The maximum Gasteiger partial charge on any atom is 0.0850 e. The SMILES string of the molecule is [2H]C(=NCC)c1cccs1. The molecule has 0 radical (unpaired) electrons. The lowest BCUT2D eigenvalue weighted by Crippen LogP contribution is -1.72. The van der Waals surface area contributed by atoms with Crippen LogP contribution in [0.25, 0.3) is 0 Å². The Kier molecular flexibility index (Phi) is 1.96. The van der Waals surface area contributed by atoms with Gasteiger partial charge in [-0.15, -0.1) is 11.3 Å². The van der Waals surface area contributed by atoms with E-state index in [4.69, 9.17) is 1.37 Å². The largest absolute Gasteiger partial charge is 0.292 e. The normalized spacial score (nSPS) is 13.4. The van der Waals surface area contributed by atoms with E-state index in [0.29, 0.717) is 12.7 Å². The Hall–Kier alpha value is -0.630. The molecule has 1 rings (SSSR count). The Morgan fingerprint density at radius 2 is 2.89 bits per heavy atom. The summed E-state index contributed by atoms with van der Waals surface area (Å²) in [5, 5.41) is 1.95. The third-order valence-corrected chi connectivity index (χ3v) is 1.64. The molecule has 2 heteroatoms. The number of hydrogen-bond donors (Lipinski definition) is 0. The van der Waals surface area contributed by atoms with E-state index in [1.807, 2.05) is 24.4 Å². The highest BCUT2D eigenvalue weighted by molar-refractivity contribution is 7.11. The predicted octanol–water partition coefficient (Wildman–Crippen LogP) is 2.19. The van der Waals surface area contributed by atoms with E-state index in [9.17, 15) is 0 Å². The van der Waals surface area contributed by atoms with Crippen molar-refractivity contribution in [2.24, 2.45) is 4.99 Å². The van der Waals surface area contributed by atoms with E-state index >= 15 is 0 Å². The highest BCUT2D eigenvalue weighted by Crippen LogP contribution is 2.04. The van der Waals surface area contributed by atoms with Gasteiger partial charge in [-0.05, 0) is 18.4 Å². The highest BCUT2D eigenvalue weighted by atomic mass is 32.1. The van der Waals surface area contributed by atoms with Crippen molar-refractivity contribution in [3.05, 3.63) is 22.4 Å². The van der Waals surface area contributed by atoms with Crippen molar-refractivity contribution in [2.45, 2.75) is 6.92 Å². The summed E-state index contributed by atoms with van der Waals surface area (Å²) >= 11 is 1.55. The molecule has 0 saturated heterocycles. The molecule has 0 amide bonds. The van der Waals surface area contributed by atoms with Crippen LogP contribution in [0.4, 0.5) is 0 Å². The Balaban J connectivity index is 2.77. The van der Waals surface area contributed by atoms with Crippen molar-refractivity contribution in [3.8, 4) is 0 Å². The average Bonchev–Trinajstić information content (AvgIpc) is 2.38. The molecule has 1 aromatic rings. The smallest absolute Gasteiger partial charge is 0.0850 e. The molecule has 48 valence electrons. The van der Waals surface area contributed by atoms with Crippen LogP contribution < -0.4 is 0 Å². The van der Waals surface area contributed by atoms with Crippen molar-refractivity contribution in [1.82, 2.24) is 0 Å². The van der Waals surface area contributed by atoms with Crippen LogP contribution >= 0.6 is 11.3 Å². The lowest BCUT2D eigenvalue weighted by atomic mass is 10.5. The molecule has 0 N–H and O–H groups in total. The molecule has 1 nitrogen and oxygen atoms in total. The summed E-state index contributed by atoms with van der Waals surface area (Å²) in [6.07, 6.45) is 0.400. The van der Waals surface area contributed by atoms with Crippen LogP contribution in [0.5, 0.6) is 0 Å². The van der Waals surface area contributed by atoms with E-state index in [0.717, 1.165) is 4.88 Å². The van der Waals surface area contributed by atoms with Gasteiger partial charge in [0.2, 0.25) is 0 Å². The minimum atomic E-state index is 0.400. The summed E-state index contributed by atoms with van der Waals surface area (Å²) in [4.78, 5) is 4.91. The summed E-state index contributed by atoms with van der Waals surface area (Å²) in [5.74, 6) is 0. The van der Waals surface area contributed by atoms with Gasteiger partial charge in [-0.3, -0.25) is 4.99 Å². The second kappa shape index (κ2) is 3.41. The van der Waals surface area contributed by atoms with Gasteiger partial charge in [0.25, 0.3) is 0 Å². The summed E-state index contributed by atoms with van der Waals surface area (Å²) < 4.78 is 7.39. The molecular weight excluding hydrogens is 130 g/mol. The Morgan fingerprint density at radius 1 is 2.00 bits per heavy atom. The van der Waals surface area contributed by atoms with Crippen LogP contribution in [0.3, 0.4) is 0 Å². The molecule has 9 heavy (non-hydrogen) atoms. The first-order valence-electron chi connectivity index (χ1n) is 3.39. The molecule has 0 saturated carbocycles. The summed E-state index contributed by atoms with van der Waals surface area (Å²) in [6, 6.07) is 3.84. The molecule has 0 atom stereocenters. The third kappa shape index (κ3) is 1.98. The van der Waals surface area contributed by atoms with Crippen molar-refractivity contribution in [1.29, 1.82) is 0 Å². The number of aliphatic imine (C=N–C) groups is 1. The van der Waals surface area contributed by atoms with Gasteiger partial charge in [0, 0.05) is 17.6 Å². The fourth-order valence-corrected chi connectivity index (χ4v) is 1.08. The average molecular weight is 140 g/mol. The zero-order valence-electron chi connectivity index (χ0n) is 6.29. The monoisotopic (exact) mass is 140 g/mol. The number of nitrogens with zero attached hydrogens (tertiary/aromatic N) is 1. The molecule has 1 heterocycles. The lowest BCUT2D eigenvalue weighted by molar-refractivity contribution is 1.14. The van der Waals surface area contributed by atoms with Gasteiger partial charge in [-0.25, -0.2) is 0 Å². The number of thiophene rings is 1. The molecule has 0 aliphatic heterocycles. The van der Waals surface area contributed by atoms with Crippen molar-refractivity contribution in [3.63, 3.8) is 0 Å². The standard InChI is InChI=1S/C7H9NS/c1-2-8-6-7-4-3-5-9-7/h3-6H,2H2,1H3/i6D.